The maximum Gasteiger partial charge on any atom is 0.330 e. The first-order chi connectivity index (χ1) is 7.72. The number of rotatable bonds is 5. The summed E-state index contributed by atoms with van der Waals surface area (Å²) >= 11 is 0. The molecule has 1 heterocycles. The molecule has 16 heavy (non-hydrogen) atoms. The van der Waals surface area contributed by atoms with Crippen LogP contribution < -0.4 is 0 Å². The molecule has 0 aliphatic carbocycles. The van der Waals surface area contributed by atoms with Gasteiger partial charge in [0.15, 0.2) is 0 Å². The van der Waals surface area contributed by atoms with E-state index in [0.717, 1.165) is 19.4 Å². The van der Waals surface area contributed by atoms with E-state index in [1.165, 1.54) is 13.2 Å². The van der Waals surface area contributed by atoms with E-state index in [1.807, 2.05) is 6.92 Å². The van der Waals surface area contributed by atoms with E-state index >= 15 is 0 Å². The number of methoxy groups -OCH3 is 1. The minimum atomic E-state index is -0.326. The molecule has 0 aromatic rings. The summed E-state index contributed by atoms with van der Waals surface area (Å²) in [7, 11) is 1.37. The van der Waals surface area contributed by atoms with Gasteiger partial charge in [-0.1, -0.05) is 6.08 Å². The number of ether oxygens (including phenoxy) is 3. The third-order valence-electron chi connectivity index (χ3n) is 2.47. The van der Waals surface area contributed by atoms with Crippen molar-refractivity contribution in [2.45, 2.75) is 38.4 Å². The van der Waals surface area contributed by atoms with E-state index in [-0.39, 0.29) is 18.2 Å². The van der Waals surface area contributed by atoms with Crippen molar-refractivity contribution >= 4 is 5.97 Å². The van der Waals surface area contributed by atoms with Gasteiger partial charge in [0.25, 0.3) is 0 Å². The highest BCUT2D eigenvalue weighted by atomic mass is 16.5. The molecule has 1 aliphatic rings. The van der Waals surface area contributed by atoms with Crippen molar-refractivity contribution in [1.29, 1.82) is 0 Å². The van der Waals surface area contributed by atoms with E-state index in [1.54, 1.807) is 6.08 Å². The molecule has 0 aromatic heterocycles. The summed E-state index contributed by atoms with van der Waals surface area (Å²) in [5.74, 6) is -0.326. The zero-order valence-electron chi connectivity index (χ0n) is 9.98. The SMILES string of the molecule is COC(=O)/C=C/C[C@H](C)OC1CCCOC1. The molecule has 0 bridgehead atoms. The maximum atomic E-state index is 10.8. The highest BCUT2D eigenvalue weighted by Crippen LogP contribution is 2.13. The predicted octanol–water partition coefficient (Wildman–Crippen LogP) is 1.69. The van der Waals surface area contributed by atoms with Gasteiger partial charge >= 0.3 is 5.97 Å². The number of carbonyl (C=O) groups is 1. The summed E-state index contributed by atoms with van der Waals surface area (Å²) < 4.78 is 15.6. The molecule has 1 fully saturated rings. The Bertz CT molecular complexity index is 231. The monoisotopic (exact) mass is 228 g/mol. The van der Waals surface area contributed by atoms with Crippen LogP contribution in [0.5, 0.6) is 0 Å². The lowest BCUT2D eigenvalue weighted by Crippen LogP contribution is -2.28. The standard InChI is InChI=1S/C12H20O4/c1-10(5-3-7-12(13)14-2)16-11-6-4-8-15-9-11/h3,7,10-11H,4-6,8-9H2,1-2H3/b7-3+/t10-,11?/m0/s1. The molecule has 0 amide bonds. The molecule has 1 aliphatic heterocycles. The smallest absolute Gasteiger partial charge is 0.330 e. The molecule has 0 radical (unpaired) electrons. The van der Waals surface area contributed by atoms with Gasteiger partial charge in [0.1, 0.15) is 0 Å². The molecule has 4 nitrogen and oxygen atoms in total. The second-order valence-corrected chi connectivity index (χ2v) is 3.95. The van der Waals surface area contributed by atoms with E-state index in [2.05, 4.69) is 4.74 Å². The van der Waals surface area contributed by atoms with Crippen molar-refractivity contribution in [3.8, 4) is 0 Å². The quantitative estimate of drug-likeness (QED) is 0.530. The number of hydrogen-bond donors (Lipinski definition) is 0. The fourth-order valence-corrected chi connectivity index (χ4v) is 1.63. The topological polar surface area (TPSA) is 44.8 Å². The van der Waals surface area contributed by atoms with Gasteiger partial charge in [0.2, 0.25) is 0 Å². The Balaban J connectivity index is 2.16. The summed E-state index contributed by atoms with van der Waals surface area (Å²) in [5.41, 5.74) is 0. The minimum Gasteiger partial charge on any atom is -0.466 e. The van der Waals surface area contributed by atoms with E-state index < -0.39 is 0 Å². The Kier molecular flexibility index (Phi) is 6.11. The highest BCUT2D eigenvalue weighted by Gasteiger charge is 2.16. The van der Waals surface area contributed by atoms with Crippen molar-refractivity contribution in [2.75, 3.05) is 20.3 Å². The van der Waals surface area contributed by atoms with Crippen LogP contribution in [0.25, 0.3) is 0 Å². The molecule has 92 valence electrons. The van der Waals surface area contributed by atoms with Crippen molar-refractivity contribution in [3.05, 3.63) is 12.2 Å². The molecule has 0 N–H and O–H groups in total. The molecule has 1 rings (SSSR count). The van der Waals surface area contributed by atoms with Crippen LogP contribution in [0.2, 0.25) is 0 Å². The first-order valence-electron chi connectivity index (χ1n) is 5.70. The average molecular weight is 228 g/mol. The number of carbonyl (C=O) groups excluding carboxylic acids is 1. The summed E-state index contributed by atoms with van der Waals surface area (Å²) in [6, 6.07) is 0. The first kappa shape index (κ1) is 13.2. The van der Waals surface area contributed by atoms with Crippen molar-refractivity contribution in [3.63, 3.8) is 0 Å². The minimum absolute atomic E-state index is 0.104. The lowest BCUT2D eigenvalue weighted by molar-refractivity contribution is -0.134. The van der Waals surface area contributed by atoms with Gasteiger partial charge in [-0.2, -0.15) is 0 Å². The molecule has 0 saturated carbocycles. The third-order valence-corrected chi connectivity index (χ3v) is 2.47. The Hall–Kier alpha value is -0.870. The van der Waals surface area contributed by atoms with Gasteiger partial charge in [-0.05, 0) is 26.2 Å². The normalized spacial score (nSPS) is 23.2. The van der Waals surface area contributed by atoms with Crippen molar-refractivity contribution in [2.24, 2.45) is 0 Å². The largest absolute Gasteiger partial charge is 0.466 e. The van der Waals surface area contributed by atoms with Crippen molar-refractivity contribution in [1.82, 2.24) is 0 Å². The van der Waals surface area contributed by atoms with Gasteiger partial charge in [0.05, 0.1) is 25.9 Å². The Morgan fingerprint density at radius 1 is 1.62 bits per heavy atom. The summed E-state index contributed by atoms with van der Waals surface area (Å²) in [4.78, 5) is 10.8. The zero-order valence-corrected chi connectivity index (χ0v) is 9.98. The number of hydrogen-bond acceptors (Lipinski definition) is 4. The number of esters is 1. The zero-order chi connectivity index (χ0) is 11.8. The van der Waals surface area contributed by atoms with E-state index in [0.29, 0.717) is 13.0 Å². The molecular weight excluding hydrogens is 208 g/mol. The Morgan fingerprint density at radius 2 is 2.44 bits per heavy atom. The molecule has 1 saturated heterocycles. The summed E-state index contributed by atoms with van der Waals surface area (Å²) in [6.45, 7) is 3.53. The third kappa shape index (κ3) is 5.28. The van der Waals surface area contributed by atoms with Crippen molar-refractivity contribution < 1.29 is 19.0 Å². The second kappa shape index (κ2) is 7.41. The van der Waals surface area contributed by atoms with Crippen LogP contribution in [0, 0.1) is 0 Å². The van der Waals surface area contributed by atoms with Crippen LogP contribution in [0.3, 0.4) is 0 Å². The van der Waals surface area contributed by atoms with Crippen LogP contribution in [0.15, 0.2) is 12.2 Å². The van der Waals surface area contributed by atoms with Gasteiger partial charge in [-0.15, -0.1) is 0 Å². The molecule has 2 atom stereocenters. The average Bonchev–Trinajstić information content (AvgIpc) is 2.30. The van der Waals surface area contributed by atoms with Crippen LogP contribution in [-0.4, -0.2) is 38.5 Å². The molecular formula is C12H20O4. The Labute approximate surface area is 96.6 Å². The van der Waals surface area contributed by atoms with E-state index in [9.17, 15) is 4.79 Å². The van der Waals surface area contributed by atoms with Gasteiger partial charge in [-0.3, -0.25) is 0 Å². The van der Waals surface area contributed by atoms with Crippen LogP contribution in [0.4, 0.5) is 0 Å². The fraction of sp³-hybridized carbons (Fsp3) is 0.750. The van der Waals surface area contributed by atoms with Crippen LogP contribution >= 0.6 is 0 Å². The van der Waals surface area contributed by atoms with Gasteiger partial charge < -0.3 is 14.2 Å². The second-order valence-electron chi connectivity index (χ2n) is 3.95. The molecule has 0 spiro atoms. The molecule has 0 aromatic carbocycles. The van der Waals surface area contributed by atoms with Gasteiger partial charge in [0, 0.05) is 12.7 Å². The molecule has 4 heteroatoms. The van der Waals surface area contributed by atoms with Crippen LogP contribution in [-0.2, 0) is 19.0 Å². The lowest BCUT2D eigenvalue weighted by atomic mass is 10.1. The predicted molar refractivity (Wildman–Crippen MR) is 60.2 cm³/mol. The van der Waals surface area contributed by atoms with E-state index in [4.69, 9.17) is 9.47 Å². The summed E-state index contributed by atoms with van der Waals surface area (Å²) in [5, 5.41) is 0. The maximum absolute atomic E-state index is 10.8. The Morgan fingerprint density at radius 3 is 3.06 bits per heavy atom. The lowest BCUT2D eigenvalue weighted by Gasteiger charge is -2.25. The van der Waals surface area contributed by atoms with Gasteiger partial charge in [-0.25, -0.2) is 4.79 Å². The molecule has 1 unspecified atom stereocenters. The summed E-state index contributed by atoms with van der Waals surface area (Å²) in [6.07, 6.45) is 6.35. The first-order valence-corrected chi connectivity index (χ1v) is 5.70. The highest BCUT2D eigenvalue weighted by molar-refractivity contribution is 5.81. The van der Waals surface area contributed by atoms with Crippen LogP contribution in [0.1, 0.15) is 26.2 Å². The fourth-order valence-electron chi connectivity index (χ4n) is 1.63.